The third-order valence-corrected chi connectivity index (χ3v) is 3.90. The normalized spacial score (nSPS) is 16.6. The highest BCUT2D eigenvalue weighted by molar-refractivity contribution is 9.10. The van der Waals surface area contributed by atoms with Gasteiger partial charge in [-0.05, 0) is 37.5 Å². The molecule has 0 saturated heterocycles. The number of rotatable bonds is 2. The van der Waals surface area contributed by atoms with Gasteiger partial charge in [0.2, 0.25) is 5.91 Å². The van der Waals surface area contributed by atoms with Crippen molar-refractivity contribution in [3.05, 3.63) is 28.5 Å². The standard InChI is InChI=1S/C13H12BrFN2O/c1-17(11-7-9(14)3-4-10(11)15)12(18)13(8-16)5-2-6-13/h3-4,7H,2,5-6H2,1H3. The maximum Gasteiger partial charge on any atom is 0.247 e. The Kier molecular flexibility index (Phi) is 3.40. The van der Waals surface area contributed by atoms with Crippen molar-refractivity contribution in [2.24, 2.45) is 5.41 Å². The van der Waals surface area contributed by atoms with Crippen molar-refractivity contribution >= 4 is 27.5 Å². The molecule has 1 aliphatic rings. The molecule has 2 rings (SSSR count). The van der Waals surface area contributed by atoms with E-state index in [9.17, 15) is 9.18 Å². The fraction of sp³-hybridized carbons (Fsp3) is 0.385. The lowest BCUT2D eigenvalue weighted by atomic mass is 9.69. The second kappa shape index (κ2) is 4.69. The van der Waals surface area contributed by atoms with Crippen LogP contribution in [0, 0.1) is 22.6 Å². The summed E-state index contributed by atoms with van der Waals surface area (Å²) < 4.78 is 14.4. The van der Waals surface area contributed by atoms with Crippen molar-refractivity contribution in [2.45, 2.75) is 19.3 Å². The van der Waals surface area contributed by atoms with Gasteiger partial charge < -0.3 is 4.90 Å². The first-order valence-electron chi connectivity index (χ1n) is 5.65. The van der Waals surface area contributed by atoms with E-state index in [-0.39, 0.29) is 11.6 Å². The van der Waals surface area contributed by atoms with Gasteiger partial charge in [-0.1, -0.05) is 15.9 Å². The minimum Gasteiger partial charge on any atom is -0.311 e. The number of nitriles is 1. The van der Waals surface area contributed by atoms with Crippen molar-refractivity contribution in [3.8, 4) is 6.07 Å². The highest BCUT2D eigenvalue weighted by Crippen LogP contribution is 2.42. The zero-order valence-corrected chi connectivity index (χ0v) is 11.5. The first-order chi connectivity index (χ1) is 8.50. The minimum absolute atomic E-state index is 0.191. The average Bonchev–Trinajstić information content (AvgIpc) is 2.30. The van der Waals surface area contributed by atoms with Crippen LogP contribution in [0.5, 0.6) is 0 Å². The zero-order valence-electron chi connectivity index (χ0n) is 9.91. The highest BCUT2D eigenvalue weighted by Gasteiger charge is 2.46. The molecule has 0 heterocycles. The van der Waals surface area contributed by atoms with Gasteiger partial charge in [0, 0.05) is 11.5 Å². The van der Waals surface area contributed by atoms with E-state index in [4.69, 9.17) is 5.26 Å². The lowest BCUT2D eigenvalue weighted by Crippen LogP contribution is -2.46. The van der Waals surface area contributed by atoms with E-state index < -0.39 is 11.2 Å². The Labute approximate surface area is 113 Å². The van der Waals surface area contributed by atoms with Gasteiger partial charge in [-0.3, -0.25) is 4.79 Å². The number of halogens is 2. The lowest BCUT2D eigenvalue weighted by Gasteiger charge is -2.36. The summed E-state index contributed by atoms with van der Waals surface area (Å²) in [5.41, 5.74) is -0.764. The molecule has 3 nitrogen and oxygen atoms in total. The molecule has 0 atom stereocenters. The van der Waals surface area contributed by atoms with Gasteiger partial charge in [0.05, 0.1) is 11.8 Å². The van der Waals surface area contributed by atoms with Crippen LogP contribution in [0.1, 0.15) is 19.3 Å². The second-order valence-electron chi connectivity index (χ2n) is 4.51. The van der Waals surface area contributed by atoms with Gasteiger partial charge in [-0.15, -0.1) is 0 Å². The Morgan fingerprint density at radius 2 is 2.22 bits per heavy atom. The maximum absolute atomic E-state index is 13.7. The summed E-state index contributed by atoms with van der Waals surface area (Å²) >= 11 is 3.24. The molecular formula is C13H12BrFN2O. The molecule has 1 fully saturated rings. The van der Waals surface area contributed by atoms with Crippen molar-refractivity contribution in [1.29, 1.82) is 5.26 Å². The Bertz CT molecular complexity index is 534. The first kappa shape index (κ1) is 13.0. The lowest BCUT2D eigenvalue weighted by molar-refractivity contribution is -0.128. The fourth-order valence-corrected chi connectivity index (χ4v) is 2.43. The van der Waals surface area contributed by atoms with Crippen molar-refractivity contribution in [2.75, 3.05) is 11.9 Å². The molecule has 18 heavy (non-hydrogen) atoms. The fourth-order valence-electron chi connectivity index (χ4n) is 2.08. The molecule has 0 spiro atoms. The van der Waals surface area contributed by atoms with Crippen molar-refractivity contribution in [3.63, 3.8) is 0 Å². The van der Waals surface area contributed by atoms with E-state index >= 15 is 0 Å². The predicted molar refractivity (Wildman–Crippen MR) is 69.4 cm³/mol. The third-order valence-electron chi connectivity index (χ3n) is 3.40. The van der Waals surface area contributed by atoms with Gasteiger partial charge in [-0.2, -0.15) is 5.26 Å². The van der Waals surface area contributed by atoms with Crippen LogP contribution in [0.2, 0.25) is 0 Å². The van der Waals surface area contributed by atoms with Gasteiger partial charge >= 0.3 is 0 Å². The molecule has 1 saturated carbocycles. The largest absolute Gasteiger partial charge is 0.311 e. The van der Waals surface area contributed by atoms with E-state index in [0.29, 0.717) is 17.3 Å². The molecular weight excluding hydrogens is 299 g/mol. The number of anilines is 1. The van der Waals surface area contributed by atoms with E-state index in [1.54, 1.807) is 6.07 Å². The van der Waals surface area contributed by atoms with Crippen LogP contribution < -0.4 is 4.90 Å². The summed E-state index contributed by atoms with van der Waals surface area (Å²) in [4.78, 5) is 13.5. The van der Waals surface area contributed by atoms with Crippen LogP contribution in [0.3, 0.4) is 0 Å². The number of benzene rings is 1. The van der Waals surface area contributed by atoms with Crippen LogP contribution in [-0.4, -0.2) is 13.0 Å². The second-order valence-corrected chi connectivity index (χ2v) is 5.42. The molecule has 94 valence electrons. The Morgan fingerprint density at radius 1 is 1.56 bits per heavy atom. The van der Waals surface area contributed by atoms with Crippen LogP contribution in [0.25, 0.3) is 0 Å². The van der Waals surface area contributed by atoms with Crippen molar-refractivity contribution < 1.29 is 9.18 Å². The summed E-state index contributed by atoms with van der Waals surface area (Å²) in [6, 6.07) is 6.48. The van der Waals surface area contributed by atoms with Crippen LogP contribution in [0.4, 0.5) is 10.1 Å². The van der Waals surface area contributed by atoms with Crippen LogP contribution in [-0.2, 0) is 4.79 Å². The molecule has 0 N–H and O–H groups in total. The number of amides is 1. The summed E-state index contributed by atoms with van der Waals surface area (Å²) in [5, 5.41) is 9.13. The molecule has 1 aromatic rings. The highest BCUT2D eigenvalue weighted by atomic mass is 79.9. The van der Waals surface area contributed by atoms with Gasteiger partial charge in [0.15, 0.2) is 0 Å². The minimum atomic E-state index is -0.955. The van der Waals surface area contributed by atoms with Crippen LogP contribution in [0.15, 0.2) is 22.7 Å². The number of carbonyl (C=O) groups excluding carboxylic acids is 1. The van der Waals surface area contributed by atoms with Crippen LogP contribution >= 0.6 is 15.9 Å². The number of carbonyl (C=O) groups is 1. The summed E-state index contributed by atoms with van der Waals surface area (Å²) in [7, 11) is 1.50. The molecule has 0 bridgehead atoms. The number of hydrogen-bond acceptors (Lipinski definition) is 2. The smallest absolute Gasteiger partial charge is 0.247 e. The Hall–Kier alpha value is -1.41. The molecule has 0 aromatic heterocycles. The van der Waals surface area contributed by atoms with E-state index in [1.807, 2.05) is 0 Å². The molecule has 0 radical (unpaired) electrons. The summed E-state index contributed by atoms with van der Waals surface area (Å²) in [5.74, 6) is -0.797. The molecule has 5 heteroatoms. The maximum atomic E-state index is 13.7. The monoisotopic (exact) mass is 310 g/mol. The summed E-state index contributed by atoms with van der Waals surface area (Å²) in [6.45, 7) is 0. The van der Waals surface area contributed by atoms with Crippen molar-refractivity contribution in [1.82, 2.24) is 0 Å². The Balaban J connectivity index is 2.31. The predicted octanol–water partition coefficient (Wildman–Crippen LogP) is 3.24. The van der Waals surface area contributed by atoms with E-state index in [2.05, 4.69) is 22.0 Å². The first-order valence-corrected chi connectivity index (χ1v) is 6.44. The van der Waals surface area contributed by atoms with E-state index in [0.717, 1.165) is 6.42 Å². The topological polar surface area (TPSA) is 44.1 Å². The molecule has 1 aromatic carbocycles. The SMILES string of the molecule is CN(C(=O)C1(C#N)CCC1)c1cc(Br)ccc1F. The molecule has 1 aliphatic carbocycles. The molecule has 1 amide bonds. The quantitative estimate of drug-likeness (QED) is 0.841. The average molecular weight is 311 g/mol. The van der Waals surface area contributed by atoms with Gasteiger partial charge in [-0.25, -0.2) is 4.39 Å². The van der Waals surface area contributed by atoms with Gasteiger partial charge in [0.1, 0.15) is 11.2 Å². The zero-order chi connectivity index (χ0) is 13.3. The Morgan fingerprint density at radius 3 is 2.72 bits per heavy atom. The van der Waals surface area contributed by atoms with E-state index in [1.165, 1.54) is 24.1 Å². The molecule has 0 aliphatic heterocycles. The number of nitrogens with zero attached hydrogens (tertiary/aromatic N) is 2. The summed E-state index contributed by atoms with van der Waals surface area (Å²) in [6.07, 6.45) is 1.98. The molecule has 0 unspecified atom stereocenters. The number of hydrogen-bond donors (Lipinski definition) is 0. The third kappa shape index (κ3) is 2.01. The van der Waals surface area contributed by atoms with Gasteiger partial charge in [0.25, 0.3) is 0 Å².